The van der Waals surface area contributed by atoms with Crippen LogP contribution in [0.3, 0.4) is 0 Å². The van der Waals surface area contributed by atoms with Crippen molar-refractivity contribution < 1.29 is 9.53 Å². The molecule has 2 aromatic rings. The molecule has 1 atom stereocenters. The number of amides is 1. The van der Waals surface area contributed by atoms with Crippen LogP contribution in [0.15, 0.2) is 54.6 Å². The van der Waals surface area contributed by atoms with Gasteiger partial charge >= 0.3 is 0 Å². The molecule has 0 bridgehead atoms. The van der Waals surface area contributed by atoms with Gasteiger partial charge < -0.3 is 9.64 Å². The van der Waals surface area contributed by atoms with Crippen LogP contribution in [0.5, 0.6) is 0 Å². The van der Waals surface area contributed by atoms with Crippen LogP contribution in [0.4, 0.5) is 0 Å². The molecule has 0 unspecified atom stereocenters. The van der Waals surface area contributed by atoms with Crippen molar-refractivity contribution >= 4 is 17.7 Å². The first-order valence-electron chi connectivity index (χ1n) is 8.78. The van der Waals surface area contributed by atoms with Crippen molar-refractivity contribution in [3.05, 3.63) is 71.3 Å². The number of carbonyl (C=O) groups excluding carboxylic acids is 1. The maximum absolute atomic E-state index is 12.6. The van der Waals surface area contributed by atoms with Gasteiger partial charge in [0, 0.05) is 12.3 Å². The Morgan fingerprint density at radius 1 is 1.16 bits per heavy atom. The Labute approximate surface area is 154 Å². The molecule has 1 fully saturated rings. The first-order chi connectivity index (χ1) is 12.1. The van der Waals surface area contributed by atoms with Crippen LogP contribution in [0.1, 0.15) is 41.8 Å². The average molecular weight is 356 g/mol. The molecule has 0 aliphatic carbocycles. The van der Waals surface area contributed by atoms with Crippen molar-refractivity contribution in [2.75, 3.05) is 18.9 Å². The maximum atomic E-state index is 12.6. The summed E-state index contributed by atoms with van der Waals surface area (Å²) in [5.74, 6) is 1.56. The molecule has 132 valence electrons. The fourth-order valence-corrected chi connectivity index (χ4v) is 4.24. The summed E-state index contributed by atoms with van der Waals surface area (Å²) in [5, 5.41) is 0.106. The quantitative estimate of drug-likeness (QED) is 0.758. The van der Waals surface area contributed by atoms with Gasteiger partial charge in [-0.2, -0.15) is 0 Å². The lowest BCUT2D eigenvalue weighted by Crippen LogP contribution is -2.33. The van der Waals surface area contributed by atoms with Crippen LogP contribution in [-0.4, -0.2) is 29.7 Å². The monoisotopic (exact) mass is 355 g/mol. The Morgan fingerprint density at radius 3 is 2.56 bits per heavy atom. The number of carbonyl (C=O) groups is 1. The molecule has 0 aromatic heterocycles. The van der Waals surface area contributed by atoms with Crippen LogP contribution in [0, 0.1) is 0 Å². The highest BCUT2D eigenvalue weighted by Crippen LogP contribution is 2.38. The van der Waals surface area contributed by atoms with E-state index in [-0.39, 0.29) is 17.9 Å². The highest BCUT2D eigenvalue weighted by atomic mass is 32.2. The number of hydrogen-bond donors (Lipinski definition) is 0. The summed E-state index contributed by atoms with van der Waals surface area (Å²) in [4.78, 5) is 14.5. The Hall–Kier alpha value is -1.78. The topological polar surface area (TPSA) is 29.5 Å². The smallest absolute Gasteiger partial charge is 0.249 e. The second kappa shape index (κ2) is 8.54. The van der Waals surface area contributed by atoms with Crippen LogP contribution in [0.2, 0.25) is 0 Å². The molecule has 2 aromatic carbocycles. The van der Waals surface area contributed by atoms with Gasteiger partial charge in [-0.05, 0) is 22.6 Å². The first kappa shape index (κ1) is 18.0. The number of nitrogens with zero attached hydrogens (tertiary/aromatic N) is 1. The highest BCUT2D eigenvalue weighted by molar-refractivity contribution is 7.99. The number of ether oxygens (including phenoxy) is 1. The number of thioether (sulfide) groups is 1. The van der Waals surface area contributed by atoms with Gasteiger partial charge in [-0.1, -0.05) is 68.4 Å². The van der Waals surface area contributed by atoms with Crippen LogP contribution in [-0.2, 0) is 16.1 Å². The highest BCUT2D eigenvalue weighted by Gasteiger charge is 2.30. The molecule has 1 aliphatic rings. The van der Waals surface area contributed by atoms with Gasteiger partial charge in [0.05, 0.1) is 6.61 Å². The van der Waals surface area contributed by atoms with E-state index < -0.39 is 0 Å². The molecule has 1 saturated heterocycles. The van der Waals surface area contributed by atoms with E-state index in [1.165, 1.54) is 11.1 Å². The number of benzene rings is 2. The zero-order valence-corrected chi connectivity index (χ0v) is 15.7. The van der Waals surface area contributed by atoms with Gasteiger partial charge in [0.15, 0.2) is 0 Å². The van der Waals surface area contributed by atoms with Crippen molar-refractivity contribution in [3.63, 3.8) is 0 Å². The van der Waals surface area contributed by atoms with E-state index >= 15 is 0 Å². The van der Waals surface area contributed by atoms with Crippen molar-refractivity contribution in [3.8, 4) is 0 Å². The summed E-state index contributed by atoms with van der Waals surface area (Å²) < 4.78 is 5.63. The molecule has 25 heavy (non-hydrogen) atoms. The van der Waals surface area contributed by atoms with E-state index in [0.29, 0.717) is 12.5 Å². The maximum Gasteiger partial charge on any atom is 0.249 e. The number of hydrogen-bond acceptors (Lipinski definition) is 3. The third-order valence-corrected chi connectivity index (χ3v) is 5.70. The first-order valence-corrected chi connectivity index (χ1v) is 9.82. The van der Waals surface area contributed by atoms with Crippen molar-refractivity contribution in [1.82, 2.24) is 4.90 Å². The van der Waals surface area contributed by atoms with Crippen molar-refractivity contribution in [2.45, 2.75) is 31.7 Å². The molecule has 1 amide bonds. The lowest BCUT2D eigenvalue weighted by atomic mass is 10.0. The largest absolute Gasteiger partial charge is 0.367 e. The van der Waals surface area contributed by atoms with Gasteiger partial charge in [0.1, 0.15) is 12.0 Å². The predicted molar refractivity (Wildman–Crippen MR) is 104 cm³/mol. The summed E-state index contributed by atoms with van der Waals surface area (Å²) in [5.41, 5.74) is 3.62. The van der Waals surface area contributed by atoms with Gasteiger partial charge in [0.2, 0.25) is 5.91 Å². The summed E-state index contributed by atoms with van der Waals surface area (Å²) in [6.07, 6.45) is 0. The van der Waals surface area contributed by atoms with E-state index in [2.05, 4.69) is 38.1 Å². The Balaban J connectivity index is 1.57. The van der Waals surface area contributed by atoms with Crippen LogP contribution >= 0.6 is 11.8 Å². The molecule has 0 spiro atoms. The Kier molecular flexibility index (Phi) is 6.16. The van der Waals surface area contributed by atoms with Gasteiger partial charge in [-0.3, -0.25) is 4.79 Å². The van der Waals surface area contributed by atoms with Gasteiger partial charge in [-0.15, -0.1) is 11.8 Å². The normalized spacial score (nSPS) is 17.2. The average Bonchev–Trinajstić information content (AvgIpc) is 3.12. The molecule has 3 nitrogen and oxygen atoms in total. The van der Waals surface area contributed by atoms with Crippen molar-refractivity contribution in [1.29, 1.82) is 0 Å². The molecule has 1 aliphatic heterocycles. The molecule has 3 rings (SSSR count). The number of rotatable bonds is 6. The second-order valence-corrected chi connectivity index (χ2v) is 7.80. The van der Waals surface area contributed by atoms with Gasteiger partial charge in [-0.25, -0.2) is 0 Å². The van der Waals surface area contributed by atoms with E-state index in [4.69, 9.17) is 4.74 Å². The van der Waals surface area contributed by atoms with E-state index in [1.54, 1.807) is 0 Å². The Bertz CT molecular complexity index is 685. The third kappa shape index (κ3) is 4.65. The van der Waals surface area contributed by atoms with Crippen LogP contribution in [0.25, 0.3) is 0 Å². The molecule has 1 heterocycles. The third-order valence-electron chi connectivity index (χ3n) is 4.44. The van der Waals surface area contributed by atoms with Gasteiger partial charge in [0.25, 0.3) is 0 Å². The minimum Gasteiger partial charge on any atom is -0.367 e. The zero-order valence-electron chi connectivity index (χ0n) is 14.9. The SMILES string of the molecule is CC(C)c1ccc([C@@H]2SCCN2C(=O)COCc2ccccc2)cc1. The molecular weight excluding hydrogens is 330 g/mol. The standard InChI is InChI=1S/C21H25NO2S/c1-16(2)18-8-10-19(11-9-18)21-22(12-13-25-21)20(23)15-24-14-17-6-4-3-5-7-17/h3-11,16,21H,12-15H2,1-2H3/t21-/m0/s1. The fraction of sp³-hybridized carbons (Fsp3) is 0.381. The molecule has 4 heteroatoms. The minimum atomic E-state index is 0.0684. The fourth-order valence-electron chi connectivity index (χ4n) is 2.96. The summed E-state index contributed by atoms with van der Waals surface area (Å²) in [6.45, 7) is 5.78. The molecular formula is C21H25NO2S. The summed E-state index contributed by atoms with van der Waals surface area (Å²) >= 11 is 1.83. The molecule has 0 N–H and O–H groups in total. The summed E-state index contributed by atoms with van der Waals surface area (Å²) in [6, 6.07) is 18.6. The second-order valence-electron chi connectivity index (χ2n) is 6.61. The summed E-state index contributed by atoms with van der Waals surface area (Å²) in [7, 11) is 0. The molecule has 0 radical (unpaired) electrons. The zero-order chi connectivity index (χ0) is 17.6. The van der Waals surface area contributed by atoms with E-state index in [1.807, 2.05) is 47.0 Å². The van der Waals surface area contributed by atoms with E-state index in [9.17, 15) is 4.79 Å². The minimum absolute atomic E-state index is 0.0684. The predicted octanol–water partition coefficient (Wildman–Crippen LogP) is 4.60. The Morgan fingerprint density at radius 2 is 1.88 bits per heavy atom. The van der Waals surface area contributed by atoms with E-state index in [0.717, 1.165) is 17.9 Å². The van der Waals surface area contributed by atoms with Crippen LogP contribution < -0.4 is 0 Å². The lowest BCUT2D eigenvalue weighted by molar-refractivity contribution is -0.136. The molecule has 0 saturated carbocycles. The van der Waals surface area contributed by atoms with Crippen molar-refractivity contribution in [2.24, 2.45) is 0 Å². The lowest BCUT2D eigenvalue weighted by Gasteiger charge is -2.24.